The van der Waals surface area contributed by atoms with E-state index in [1.807, 2.05) is 0 Å². The Morgan fingerprint density at radius 3 is 2.39 bits per heavy atom. The highest BCUT2D eigenvalue weighted by Gasteiger charge is 2.20. The Labute approximate surface area is 157 Å². The summed E-state index contributed by atoms with van der Waals surface area (Å²) in [7, 11) is 0. The van der Waals surface area contributed by atoms with Gasteiger partial charge in [0.05, 0.1) is 17.3 Å². The van der Waals surface area contributed by atoms with Crippen molar-refractivity contribution in [3.8, 4) is 16.9 Å². The predicted octanol–water partition coefficient (Wildman–Crippen LogP) is 2.69. The number of hydrogen-bond donors (Lipinski definition) is 2. The van der Waals surface area contributed by atoms with E-state index >= 15 is 0 Å². The van der Waals surface area contributed by atoms with Gasteiger partial charge in [0.1, 0.15) is 11.4 Å². The highest BCUT2D eigenvalue weighted by molar-refractivity contribution is 5.93. The van der Waals surface area contributed by atoms with Gasteiger partial charge >= 0.3 is 0 Å². The topological polar surface area (TPSA) is 93.8 Å². The van der Waals surface area contributed by atoms with Crippen LogP contribution in [-0.4, -0.2) is 20.7 Å². The number of benzene rings is 2. The zero-order chi connectivity index (χ0) is 19.8. The lowest BCUT2D eigenvalue weighted by molar-refractivity contribution is -0.117. The van der Waals surface area contributed by atoms with Crippen molar-refractivity contribution in [1.29, 1.82) is 0 Å². The van der Waals surface area contributed by atoms with E-state index in [9.17, 15) is 18.4 Å². The van der Waals surface area contributed by atoms with Crippen molar-refractivity contribution in [2.45, 2.75) is 6.42 Å². The molecule has 0 aliphatic rings. The van der Waals surface area contributed by atoms with Gasteiger partial charge in [0.15, 0.2) is 11.6 Å². The van der Waals surface area contributed by atoms with E-state index in [0.717, 1.165) is 16.8 Å². The Morgan fingerprint density at radius 1 is 1.07 bits per heavy atom. The monoisotopic (exact) mass is 380 g/mol. The number of nitrogens with two attached hydrogens (primary N) is 1. The van der Waals surface area contributed by atoms with Crippen LogP contribution >= 0.6 is 0 Å². The number of nitrogens with one attached hydrogen (secondary N) is 1. The first-order valence-electron chi connectivity index (χ1n) is 8.38. The summed E-state index contributed by atoms with van der Waals surface area (Å²) in [6.07, 6.45) is 1.47. The lowest BCUT2D eigenvalue weighted by atomic mass is 10.1. The molecule has 0 saturated carbocycles. The van der Waals surface area contributed by atoms with E-state index in [1.165, 1.54) is 18.3 Å². The van der Waals surface area contributed by atoms with Gasteiger partial charge in [-0.05, 0) is 23.8 Å². The van der Waals surface area contributed by atoms with Gasteiger partial charge in [-0.2, -0.15) is 5.10 Å². The predicted molar refractivity (Wildman–Crippen MR) is 99.9 cm³/mol. The number of amides is 1. The minimum atomic E-state index is -0.798. The summed E-state index contributed by atoms with van der Waals surface area (Å²) in [5, 5.41) is 4.53. The Morgan fingerprint density at radius 2 is 1.75 bits per heavy atom. The zero-order valence-electron chi connectivity index (χ0n) is 14.4. The number of halogens is 2. The number of hydrogen-bond acceptors (Lipinski definition) is 3. The number of nitrogens with zero attached hydrogens (tertiary/aromatic N) is 2. The van der Waals surface area contributed by atoms with Crippen LogP contribution in [0, 0.1) is 11.6 Å². The molecule has 1 amide bonds. The number of aromatic amines is 1. The molecule has 2 aromatic carbocycles. The van der Waals surface area contributed by atoms with Crippen LogP contribution in [0.15, 0.2) is 59.5 Å². The summed E-state index contributed by atoms with van der Waals surface area (Å²) in [4.78, 5) is 26.1. The number of rotatable bonds is 4. The molecule has 28 heavy (non-hydrogen) atoms. The normalized spacial score (nSPS) is 11.1. The highest BCUT2D eigenvalue weighted by Crippen LogP contribution is 2.29. The van der Waals surface area contributed by atoms with E-state index in [4.69, 9.17) is 5.73 Å². The van der Waals surface area contributed by atoms with Crippen LogP contribution in [0.3, 0.4) is 0 Å². The maximum atomic E-state index is 14.3. The summed E-state index contributed by atoms with van der Waals surface area (Å²) >= 11 is 0. The van der Waals surface area contributed by atoms with E-state index in [1.54, 1.807) is 24.3 Å². The van der Waals surface area contributed by atoms with E-state index in [2.05, 4.69) is 10.1 Å². The standard InChI is InChI=1S/C20H14F2N4O2/c21-13-2-1-3-14(22)19(13)26-15-8-9-24-20(28)17(15)18(25-26)12-6-4-11(5-7-12)10-16(23)27/h1-9H,10H2,(H2,23,27)(H,24,28). The number of pyridine rings is 1. The molecule has 0 radical (unpaired) electrons. The highest BCUT2D eigenvalue weighted by atomic mass is 19.1. The summed E-state index contributed by atoms with van der Waals surface area (Å²) in [5.74, 6) is -2.06. The molecule has 3 N–H and O–H groups in total. The zero-order valence-corrected chi connectivity index (χ0v) is 14.4. The summed E-state index contributed by atoms with van der Waals surface area (Å²) in [5.41, 5.74) is 6.19. The molecule has 0 atom stereocenters. The first kappa shape index (κ1) is 17.6. The number of primary amides is 1. The fourth-order valence-corrected chi connectivity index (χ4v) is 3.12. The van der Waals surface area contributed by atoms with Crippen molar-refractivity contribution in [1.82, 2.24) is 14.8 Å². The molecular weight excluding hydrogens is 366 g/mol. The molecule has 0 aliphatic heterocycles. The molecule has 8 heteroatoms. The van der Waals surface area contributed by atoms with Crippen LogP contribution in [0.4, 0.5) is 8.78 Å². The summed E-state index contributed by atoms with van der Waals surface area (Å²) in [6.45, 7) is 0. The van der Waals surface area contributed by atoms with Crippen LogP contribution in [0.2, 0.25) is 0 Å². The number of carbonyl (C=O) groups excluding carboxylic acids is 1. The first-order valence-corrected chi connectivity index (χ1v) is 8.38. The fraction of sp³-hybridized carbons (Fsp3) is 0.0500. The quantitative estimate of drug-likeness (QED) is 0.570. The lowest BCUT2D eigenvalue weighted by Crippen LogP contribution is -2.13. The third-order valence-electron chi connectivity index (χ3n) is 4.36. The first-order chi connectivity index (χ1) is 13.5. The molecule has 0 spiro atoms. The van der Waals surface area contributed by atoms with Gasteiger partial charge in [-0.3, -0.25) is 9.59 Å². The van der Waals surface area contributed by atoms with Crippen molar-refractivity contribution in [3.63, 3.8) is 0 Å². The van der Waals surface area contributed by atoms with E-state index < -0.39 is 23.1 Å². The minimum Gasteiger partial charge on any atom is -0.369 e. The molecule has 2 aromatic heterocycles. The molecule has 4 rings (SSSR count). The second-order valence-electron chi connectivity index (χ2n) is 6.24. The van der Waals surface area contributed by atoms with Crippen molar-refractivity contribution in [3.05, 3.63) is 82.3 Å². The van der Waals surface area contributed by atoms with Crippen molar-refractivity contribution >= 4 is 16.8 Å². The Balaban J connectivity index is 1.96. The van der Waals surface area contributed by atoms with Crippen molar-refractivity contribution in [2.24, 2.45) is 5.73 Å². The van der Waals surface area contributed by atoms with Gasteiger partial charge in [-0.15, -0.1) is 0 Å². The van der Waals surface area contributed by atoms with Crippen LogP contribution < -0.4 is 11.3 Å². The number of carbonyl (C=O) groups is 1. The molecule has 6 nitrogen and oxygen atoms in total. The molecule has 2 heterocycles. The number of para-hydroxylation sites is 1. The van der Waals surface area contributed by atoms with E-state index in [0.29, 0.717) is 11.1 Å². The van der Waals surface area contributed by atoms with Crippen LogP contribution in [0.1, 0.15) is 5.56 Å². The summed E-state index contributed by atoms with van der Waals surface area (Å²) in [6, 6.07) is 11.8. The van der Waals surface area contributed by atoms with Crippen molar-refractivity contribution < 1.29 is 13.6 Å². The van der Waals surface area contributed by atoms with Crippen molar-refractivity contribution in [2.75, 3.05) is 0 Å². The minimum absolute atomic E-state index is 0.0799. The Kier molecular flexibility index (Phi) is 4.23. The second kappa shape index (κ2) is 6.73. The third-order valence-corrected chi connectivity index (χ3v) is 4.36. The average Bonchev–Trinajstić information content (AvgIpc) is 3.03. The SMILES string of the molecule is NC(=O)Cc1ccc(-c2nn(-c3c(F)cccc3F)c3cc[nH]c(=O)c23)cc1. The molecule has 0 unspecified atom stereocenters. The molecular formula is C20H14F2N4O2. The number of aromatic nitrogens is 3. The second-order valence-corrected chi connectivity index (χ2v) is 6.24. The molecule has 0 bridgehead atoms. The molecule has 0 fully saturated rings. The van der Waals surface area contributed by atoms with Gasteiger partial charge in [0.2, 0.25) is 5.91 Å². The fourth-order valence-electron chi connectivity index (χ4n) is 3.12. The maximum absolute atomic E-state index is 14.3. The average molecular weight is 380 g/mol. The van der Waals surface area contributed by atoms with Crippen LogP contribution in [-0.2, 0) is 11.2 Å². The van der Waals surface area contributed by atoms with Gasteiger partial charge in [0.25, 0.3) is 5.56 Å². The van der Waals surface area contributed by atoms with Gasteiger partial charge in [-0.25, -0.2) is 13.5 Å². The molecule has 0 aliphatic carbocycles. The summed E-state index contributed by atoms with van der Waals surface area (Å²) < 4.78 is 29.7. The number of fused-ring (bicyclic) bond motifs is 1. The van der Waals surface area contributed by atoms with Crippen LogP contribution in [0.5, 0.6) is 0 Å². The third kappa shape index (κ3) is 2.94. The molecule has 0 saturated heterocycles. The van der Waals surface area contributed by atoms with Gasteiger partial charge < -0.3 is 10.7 Å². The Bertz CT molecular complexity index is 1240. The molecule has 140 valence electrons. The maximum Gasteiger partial charge on any atom is 0.259 e. The number of H-pyrrole nitrogens is 1. The smallest absolute Gasteiger partial charge is 0.259 e. The van der Waals surface area contributed by atoms with Crippen LogP contribution in [0.25, 0.3) is 27.8 Å². The molecule has 4 aromatic rings. The van der Waals surface area contributed by atoms with Gasteiger partial charge in [0, 0.05) is 11.8 Å². The van der Waals surface area contributed by atoms with Gasteiger partial charge in [-0.1, -0.05) is 30.3 Å². The largest absolute Gasteiger partial charge is 0.369 e. The lowest BCUT2D eigenvalue weighted by Gasteiger charge is -2.06. The van der Waals surface area contributed by atoms with E-state index in [-0.39, 0.29) is 28.7 Å². The Hall–Kier alpha value is -3.81.